The smallest absolute Gasteiger partial charge is 0.267 e. The van der Waals surface area contributed by atoms with E-state index in [0.29, 0.717) is 37.7 Å². The minimum absolute atomic E-state index is 0.0725. The molecule has 3 aliphatic rings. The normalized spacial score (nSPS) is 20.8. The Labute approximate surface area is 167 Å². The number of carbonyl (C=O) groups excluding carboxylic acids is 2. The van der Waals surface area contributed by atoms with Crippen molar-refractivity contribution < 1.29 is 19.1 Å². The van der Waals surface area contributed by atoms with Gasteiger partial charge in [-0.05, 0) is 43.0 Å². The Morgan fingerprint density at radius 2 is 1.75 bits per heavy atom. The summed E-state index contributed by atoms with van der Waals surface area (Å²) in [5.74, 6) is 1.30. The molecule has 0 N–H and O–H groups in total. The summed E-state index contributed by atoms with van der Waals surface area (Å²) in [4.78, 5) is 31.5. The largest absolute Gasteiger partial charge is 0.485 e. The molecule has 1 aliphatic carbocycles. The van der Waals surface area contributed by atoms with E-state index in [2.05, 4.69) is 6.07 Å². The molecule has 0 radical (unpaired) electrons. The number of fused-ring (bicyclic) bond motifs is 2. The third kappa shape index (κ3) is 3.13. The lowest BCUT2D eigenvalue weighted by atomic mass is 10.2. The van der Waals surface area contributed by atoms with Gasteiger partial charge in [0.1, 0.15) is 6.61 Å². The van der Waals surface area contributed by atoms with Crippen LogP contribution in [0.1, 0.15) is 26.5 Å². The van der Waals surface area contributed by atoms with Gasteiger partial charge in [-0.1, -0.05) is 12.1 Å². The third-order valence-electron chi connectivity index (χ3n) is 5.62. The Kier molecular flexibility index (Phi) is 4.47. The van der Waals surface area contributed by atoms with Crippen LogP contribution in [0.5, 0.6) is 11.5 Å². The molecule has 5 rings (SSSR count). The maximum Gasteiger partial charge on any atom is 0.267 e. The second-order valence-corrected chi connectivity index (χ2v) is 8.53. The molecule has 1 saturated heterocycles. The molecule has 3 heterocycles. The maximum absolute atomic E-state index is 12.8. The average molecular weight is 398 g/mol. The lowest BCUT2D eigenvalue weighted by molar-refractivity contribution is -0.142. The van der Waals surface area contributed by atoms with E-state index in [-0.39, 0.29) is 18.4 Å². The molecule has 2 aliphatic heterocycles. The summed E-state index contributed by atoms with van der Waals surface area (Å²) in [5, 5.41) is 0. The van der Waals surface area contributed by atoms with E-state index in [4.69, 9.17) is 9.47 Å². The third-order valence-corrected chi connectivity index (χ3v) is 6.85. The molecule has 0 spiro atoms. The van der Waals surface area contributed by atoms with E-state index >= 15 is 0 Å². The molecule has 2 aromatic rings. The van der Waals surface area contributed by atoms with Gasteiger partial charge in [-0.3, -0.25) is 9.59 Å². The van der Waals surface area contributed by atoms with E-state index in [9.17, 15) is 9.59 Å². The number of rotatable bonds is 2. The number of para-hydroxylation sites is 2. The summed E-state index contributed by atoms with van der Waals surface area (Å²) in [6.45, 7) is 2.37. The van der Waals surface area contributed by atoms with Crippen LogP contribution in [0.4, 0.5) is 0 Å². The van der Waals surface area contributed by atoms with Gasteiger partial charge >= 0.3 is 0 Å². The molecule has 1 fully saturated rings. The molecule has 1 aromatic heterocycles. The van der Waals surface area contributed by atoms with Crippen LogP contribution < -0.4 is 9.47 Å². The van der Waals surface area contributed by atoms with Crippen molar-refractivity contribution >= 4 is 23.2 Å². The van der Waals surface area contributed by atoms with Crippen molar-refractivity contribution in [2.45, 2.75) is 25.4 Å². The molecule has 28 heavy (non-hydrogen) atoms. The van der Waals surface area contributed by atoms with Gasteiger partial charge < -0.3 is 19.3 Å². The molecular formula is C21H22N2O4S. The first-order valence-corrected chi connectivity index (χ1v) is 10.6. The highest BCUT2D eigenvalue weighted by atomic mass is 32.1. The average Bonchev–Trinajstić information content (AvgIpc) is 3.35. The van der Waals surface area contributed by atoms with E-state index in [1.54, 1.807) is 16.2 Å². The van der Waals surface area contributed by atoms with Gasteiger partial charge in [0.2, 0.25) is 6.10 Å². The predicted octanol–water partition coefficient (Wildman–Crippen LogP) is 2.36. The van der Waals surface area contributed by atoms with Crippen molar-refractivity contribution in [3.05, 3.63) is 45.6 Å². The number of ether oxygens (including phenoxy) is 2. The Hall–Kier alpha value is -2.54. The van der Waals surface area contributed by atoms with Crippen LogP contribution in [0.15, 0.2) is 30.3 Å². The highest BCUT2D eigenvalue weighted by Gasteiger charge is 2.34. The van der Waals surface area contributed by atoms with Gasteiger partial charge in [-0.15, -0.1) is 11.3 Å². The van der Waals surface area contributed by atoms with Gasteiger partial charge in [0, 0.05) is 31.1 Å². The van der Waals surface area contributed by atoms with Crippen molar-refractivity contribution in [3.63, 3.8) is 0 Å². The Bertz CT molecular complexity index is 895. The monoisotopic (exact) mass is 398 g/mol. The number of hydrogen-bond acceptors (Lipinski definition) is 5. The number of hydrogen-bond donors (Lipinski definition) is 0. The Balaban J connectivity index is 1.19. The molecule has 0 bridgehead atoms. The van der Waals surface area contributed by atoms with Crippen molar-refractivity contribution in [2.75, 3.05) is 32.8 Å². The van der Waals surface area contributed by atoms with Crippen LogP contribution in [-0.2, 0) is 17.6 Å². The highest BCUT2D eigenvalue weighted by molar-refractivity contribution is 7.14. The molecule has 146 valence electrons. The lowest BCUT2D eigenvalue weighted by Gasteiger charge is -2.37. The van der Waals surface area contributed by atoms with Crippen LogP contribution in [0.2, 0.25) is 0 Å². The van der Waals surface area contributed by atoms with Gasteiger partial charge in [0.05, 0.1) is 4.88 Å². The fraction of sp³-hybridized carbons (Fsp3) is 0.429. The summed E-state index contributed by atoms with van der Waals surface area (Å²) in [5.41, 5.74) is 1.34. The second-order valence-electron chi connectivity index (χ2n) is 7.39. The summed E-state index contributed by atoms with van der Waals surface area (Å²) in [6.07, 6.45) is 2.77. The van der Waals surface area contributed by atoms with Crippen molar-refractivity contribution in [2.24, 2.45) is 0 Å². The first-order chi connectivity index (χ1) is 13.7. The molecule has 1 unspecified atom stereocenters. The minimum Gasteiger partial charge on any atom is -0.485 e. The standard InChI is InChI=1S/C21H22N2O4S/c24-20(17-13-26-15-5-1-2-6-16(15)27-17)22-8-10-23(11-9-22)21(25)19-12-14-4-3-7-18(14)28-19/h1-2,5-6,12,17H,3-4,7-11,13H2. The topological polar surface area (TPSA) is 59.1 Å². The summed E-state index contributed by atoms with van der Waals surface area (Å²) < 4.78 is 11.5. The van der Waals surface area contributed by atoms with Gasteiger partial charge in [-0.25, -0.2) is 0 Å². The van der Waals surface area contributed by atoms with Crippen molar-refractivity contribution in [3.8, 4) is 11.5 Å². The maximum atomic E-state index is 12.8. The van der Waals surface area contributed by atoms with Crippen LogP contribution >= 0.6 is 11.3 Å². The highest BCUT2D eigenvalue weighted by Crippen LogP contribution is 2.32. The van der Waals surface area contributed by atoms with E-state index in [1.807, 2.05) is 29.2 Å². The minimum atomic E-state index is -0.627. The quantitative estimate of drug-likeness (QED) is 0.779. The number of piperazine rings is 1. The summed E-state index contributed by atoms with van der Waals surface area (Å²) in [7, 11) is 0. The van der Waals surface area contributed by atoms with Crippen LogP contribution in [0.25, 0.3) is 0 Å². The SMILES string of the molecule is O=C(c1cc2c(s1)CCC2)N1CCN(C(=O)C2COc3ccccc3O2)CC1. The predicted molar refractivity (Wildman–Crippen MR) is 105 cm³/mol. The second kappa shape index (κ2) is 7.13. The van der Waals surface area contributed by atoms with Crippen molar-refractivity contribution in [1.29, 1.82) is 0 Å². The molecule has 0 saturated carbocycles. The number of benzene rings is 1. The molecule has 7 heteroatoms. The van der Waals surface area contributed by atoms with Gasteiger partial charge in [0.25, 0.3) is 11.8 Å². The molecular weight excluding hydrogens is 376 g/mol. The zero-order chi connectivity index (χ0) is 19.1. The van der Waals surface area contributed by atoms with Crippen molar-refractivity contribution in [1.82, 2.24) is 9.80 Å². The van der Waals surface area contributed by atoms with E-state index < -0.39 is 6.10 Å². The van der Waals surface area contributed by atoms with E-state index in [0.717, 1.165) is 17.7 Å². The van der Waals surface area contributed by atoms with E-state index in [1.165, 1.54) is 16.9 Å². The van der Waals surface area contributed by atoms with Crippen LogP contribution in [0, 0.1) is 0 Å². The zero-order valence-electron chi connectivity index (χ0n) is 15.6. The Morgan fingerprint density at radius 3 is 2.54 bits per heavy atom. The molecule has 1 aromatic carbocycles. The first-order valence-electron chi connectivity index (χ1n) is 9.77. The van der Waals surface area contributed by atoms with Crippen LogP contribution in [-0.4, -0.2) is 60.5 Å². The summed E-state index contributed by atoms with van der Waals surface area (Å²) >= 11 is 1.64. The van der Waals surface area contributed by atoms with Gasteiger partial charge in [0.15, 0.2) is 11.5 Å². The number of aryl methyl sites for hydroxylation is 2. The number of nitrogens with zero attached hydrogens (tertiary/aromatic N) is 2. The molecule has 1 atom stereocenters. The zero-order valence-corrected chi connectivity index (χ0v) is 16.4. The van der Waals surface area contributed by atoms with Crippen LogP contribution in [0.3, 0.4) is 0 Å². The molecule has 6 nitrogen and oxygen atoms in total. The van der Waals surface area contributed by atoms with Gasteiger partial charge in [-0.2, -0.15) is 0 Å². The fourth-order valence-electron chi connectivity index (χ4n) is 4.07. The fourth-order valence-corrected chi connectivity index (χ4v) is 5.29. The number of thiophene rings is 1. The lowest BCUT2D eigenvalue weighted by Crippen LogP contribution is -2.55. The Morgan fingerprint density at radius 1 is 1.00 bits per heavy atom. The molecule has 2 amide bonds. The number of carbonyl (C=O) groups is 2. The summed E-state index contributed by atoms with van der Waals surface area (Å²) in [6, 6.07) is 9.45. The first kappa shape index (κ1) is 17.6. The number of amides is 2.